The maximum absolute atomic E-state index is 11.8. The van der Waals surface area contributed by atoms with Gasteiger partial charge in [-0.3, -0.25) is 14.4 Å². The summed E-state index contributed by atoms with van der Waals surface area (Å²) < 4.78 is 17.5. The van der Waals surface area contributed by atoms with Crippen LogP contribution in [0.15, 0.2) is 29.6 Å². The molecule has 0 bridgehead atoms. The zero-order valence-electron chi connectivity index (χ0n) is 15.2. The van der Waals surface area contributed by atoms with Gasteiger partial charge in [0.15, 0.2) is 18.3 Å². The molecule has 0 spiro atoms. The molecule has 4 atom stereocenters. The molecular weight excluding hydrogens is 388 g/mol. The van der Waals surface area contributed by atoms with Gasteiger partial charge in [-0.25, -0.2) is 0 Å². The molecule has 0 saturated carbocycles. The van der Waals surface area contributed by atoms with E-state index in [1.165, 1.54) is 32.5 Å². The van der Waals surface area contributed by atoms with E-state index in [-0.39, 0.29) is 5.25 Å². The number of hydrogen-bond acceptors (Lipinski definition) is 8. The van der Waals surface area contributed by atoms with Crippen molar-refractivity contribution in [2.45, 2.75) is 44.3 Å². The highest BCUT2D eigenvalue weighted by molar-refractivity contribution is 7.99. The average molecular weight is 408 g/mol. The standard InChI is InChI=1S/C19H20O6S2/c1-10(20)23-15-9-27-19(14-8-26-16-7-5-4-6-13(14)16)18(25-12(3)22)17(15)24-11(2)21/h4-8,15,17-19H,9H2,1-3H3/t15-,17+,18-,19+/m1/s1. The SMILES string of the molecule is CC(=O)O[C@@H]1[C@@H](OC(C)=O)[C@H](c2csc3ccccc23)SC[C@H]1OC(C)=O. The van der Waals surface area contributed by atoms with E-state index in [9.17, 15) is 14.4 Å². The van der Waals surface area contributed by atoms with E-state index in [1.807, 2.05) is 29.6 Å². The molecule has 2 aromatic rings. The van der Waals surface area contributed by atoms with Gasteiger partial charge in [0.25, 0.3) is 0 Å². The van der Waals surface area contributed by atoms with Gasteiger partial charge in [-0.05, 0) is 22.4 Å². The second-order valence-corrected chi connectivity index (χ2v) is 8.32. The quantitative estimate of drug-likeness (QED) is 0.566. The summed E-state index contributed by atoms with van der Waals surface area (Å²) >= 11 is 3.14. The van der Waals surface area contributed by atoms with Gasteiger partial charge >= 0.3 is 17.9 Å². The van der Waals surface area contributed by atoms with Gasteiger partial charge in [-0.2, -0.15) is 0 Å². The highest BCUT2D eigenvalue weighted by atomic mass is 32.2. The van der Waals surface area contributed by atoms with Crippen molar-refractivity contribution in [1.29, 1.82) is 0 Å². The molecule has 1 fully saturated rings. The first-order valence-electron chi connectivity index (χ1n) is 8.46. The van der Waals surface area contributed by atoms with E-state index in [4.69, 9.17) is 14.2 Å². The van der Waals surface area contributed by atoms with Crippen molar-refractivity contribution in [2.24, 2.45) is 0 Å². The first-order chi connectivity index (χ1) is 12.9. The van der Waals surface area contributed by atoms with Crippen molar-refractivity contribution in [2.75, 3.05) is 5.75 Å². The van der Waals surface area contributed by atoms with Crippen LogP contribution in [-0.2, 0) is 28.6 Å². The largest absolute Gasteiger partial charge is 0.458 e. The fraction of sp³-hybridized carbons (Fsp3) is 0.421. The minimum Gasteiger partial charge on any atom is -0.458 e. The number of carbonyl (C=O) groups is 3. The zero-order valence-corrected chi connectivity index (χ0v) is 16.8. The second kappa shape index (κ2) is 8.31. The number of rotatable bonds is 4. The average Bonchev–Trinajstić information content (AvgIpc) is 3.00. The van der Waals surface area contributed by atoms with Crippen LogP contribution < -0.4 is 0 Å². The molecule has 1 aliphatic rings. The van der Waals surface area contributed by atoms with Crippen molar-refractivity contribution < 1.29 is 28.6 Å². The highest BCUT2D eigenvalue weighted by Crippen LogP contribution is 2.46. The molecule has 0 unspecified atom stereocenters. The number of hydrogen-bond donors (Lipinski definition) is 0. The van der Waals surface area contributed by atoms with Crippen LogP contribution >= 0.6 is 23.1 Å². The maximum atomic E-state index is 11.8. The van der Waals surface area contributed by atoms with Crippen molar-refractivity contribution in [3.05, 3.63) is 35.2 Å². The van der Waals surface area contributed by atoms with Crippen LogP contribution in [0.5, 0.6) is 0 Å². The fourth-order valence-corrected chi connectivity index (χ4v) is 5.74. The fourth-order valence-electron chi connectivity index (χ4n) is 3.23. The lowest BCUT2D eigenvalue weighted by Crippen LogP contribution is -2.51. The van der Waals surface area contributed by atoms with Crippen LogP contribution in [0, 0.1) is 0 Å². The van der Waals surface area contributed by atoms with Crippen LogP contribution in [0.4, 0.5) is 0 Å². The van der Waals surface area contributed by atoms with Crippen molar-refractivity contribution in [3.8, 4) is 0 Å². The molecule has 1 aromatic heterocycles. The molecule has 3 rings (SSSR count). The molecule has 0 amide bonds. The minimum atomic E-state index is -0.861. The van der Waals surface area contributed by atoms with Crippen LogP contribution in [0.3, 0.4) is 0 Å². The van der Waals surface area contributed by atoms with Crippen LogP contribution in [-0.4, -0.2) is 42.0 Å². The number of fused-ring (bicyclic) bond motifs is 1. The van der Waals surface area contributed by atoms with Gasteiger partial charge in [-0.1, -0.05) is 18.2 Å². The Morgan fingerprint density at radius 2 is 1.56 bits per heavy atom. The summed E-state index contributed by atoms with van der Waals surface area (Å²) in [5.41, 5.74) is 1.02. The third-order valence-corrected chi connectivity index (χ3v) is 6.55. The van der Waals surface area contributed by atoms with E-state index >= 15 is 0 Å². The Labute approximate surface area is 165 Å². The summed E-state index contributed by atoms with van der Waals surface area (Å²) in [5.74, 6) is -1.04. The molecule has 0 aliphatic carbocycles. The van der Waals surface area contributed by atoms with Gasteiger partial charge in [0, 0.05) is 31.2 Å². The molecule has 27 heavy (non-hydrogen) atoms. The smallest absolute Gasteiger partial charge is 0.303 e. The van der Waals surface area contributed by atoms with Crippen molar-refractivity contribution >= 4 is 51.1 Å². The summed E-state index contributed by atoms with van der Waals surface area (Å²) in [6.45, 7) is 3.90. The Bertz CT molecular complexity index is 861. The molecule has 144 valence electrons. The lowest BCUT2D eigenvalue weighted by atomic mass is 9.98. The molecule has 6 nitrogen and oxygen atoms in total. The number of ether oxygens (including phenoxy) is 3. The lowest BCUT2D eigenvalue weighted by molar-refractivity contribution is -0.182. The Kier molecular flexibility index (Phi) is 6.06. The molecule has 0 N–H and O–H groups in total. The van der Waals surface area contributed by atoms with Crippen molar-refractivity contribution in [1.82, 2.24) is 0 Å². The van der Waals surface area contributed by atoms with Crippen LogP contribution in [0.1, 0.15) is 31.6 Å². The predicted octanol–water partition coefficient (Wildman–Crippen LogP) is 3.48. The van der Waals surface area contributed by atoms with Gasteiger partial charge in [0.05, 0.1) is 5.25 Å². The van der Waals surface area contributed by atoms with Gasteiger partial charge < -0.3 is 14.2 Å². The Hall–Kier alpha value is -2.06. The third kappa shape index (κ3) is 4.44. The van der Waals surface area contributed by atoms with Gasteiger partial charge in [0.2, 0.25) is 0 Å². The van der Waals surface area contributed by atoms with E-state index < -0.39 is 36.2 Å². The summed E-state index contributed by atoms with van der Waals surface area (Å²) in [5, 5.41) is 2.88. The van der Waals surface area contributed by atoms with E-state index in [1.54, 1.807) is 11.3 Å². The number of carbonyl (C=O) groups excluding carboxylic acids is 3. The Balaban J connectivity index is 2.01. The summed E-state index contributed by atoms with van der Waals surface area (Å²) in [6.07, 6.45) is -2.30. The Morgan fingerprint density at radius 1 is 0.926 bits per heavy atom. The number of thioether (sulfide) groups is 1. The van der Waals surface area contributed by atoms with Gasteiger partial charge in [-0.15, -0.1) is 23.1 Å². The molecule has 0 radical (unpaired) electrons. The molecule has 8 heteroatoms. The van der Waals surface area contributed by atoms with E-state index in [2.05, 4.69) is 0 Å². The molecule has 2 heterocycles. The third-order valence-electron chi connectivity index (χ3n) is 4.17. The Morgan fingerprint density at radius 3 is 2.22 bits per heavy atom. The molecule has 1 aromatic carbocycles. The monoisotopic (exact) mass is 408 g/mol. The highest BCUT2D eigenvalue weighted by Gasteiger charge is 2.47. The minimum absolute atomic E-state index is 0.235. The molecule has 1 aliphatic heterocycles. The topological polar surface area (TPSA) is 78.9 Å². The number of benzene rings is 1. The van der Waals surface area contributed by atoms with Crippen molar-refractivity contribution in [3.63, 3.8) is 0 Å². The predicted molar refractivity (Wildman–Crippen MR) is 104 cm³/mol. The summed E-state index contributed by atoms with van der Waals surface area (Å²) in [4.78, 5) is 34.9. The summed E-state index contributed by atoms with van der Waals surface area (Å²) in [7, 11) is 0. The normalized spacial score (nSPS) is 25.0. The van der Waals surface area contributed by atoms with Crippen LogP contribution in [0.25, 0.3) is 10.1 Å². The number of esters is 3. The van der Waals surface area contributed by atoms with Crippen LogP contribution in [0.2, 0.25) is 0 Å². The molecule has 1 saturated heterocycles. The maximum Gasteiger partial charge on any atom is 0.303 e. The number of thiophene rings is 1. The zero-order chi connectivity index (χ0) is 19.6. The molecular formula is C19H20O6S2. The first-order valence-corrected chi connectivity index (χ1v) is 10.4. The second-order valence-electron chi connectivity index (χ2n) is 6.24. The lowest BCUT2D eigenvalue weighted by Gasteiger charge is -2.40. The van der Waals surface area contributed by atoms with E-state index in [0.717, 1.165) is 15.6 Å². The van der Waals surface area contributed by atoms with E-state index in [0.29, 0.717) is 5.75 Å². The first kappa shape index (κ1) is 19.7. The van der Waals surface area contributed by atoms with Gasteiger partial charge in [0.1, 0.15) is 0 Å². The summed E-state index contributed by atoms with van der Waals surface area (Å²) in [6, 6.07) is 7.98.